The van der Waals surface area contributed by atoms with Gasteiger partial charge in [-0.15, -0.1) is 0 Å². The Bertz CT molecular complexity index is 830. The fourth-order valence-electron chi connectivity index (χ4n) is 1.97. The fraction of sp³-hybridized carbons (Fsp3) is 0. The molecule has 0 saturated carbocycles. The van der Waals surface area contributed by atoms with Gasteiger partial charge in [0.15, 0.2) is 12.6 Å². The third-order valence-electron chi connectivity index (χ3n) is 2.88. The smallest absolute Gasteiger partial charge is 0.169 e. The maximum Gasteiger partial charge on any atom is 0.169 e. The lowest BCUT2D eigenvalue weighted by atomic mass is 10.1. The molecule has 0 unspecified atom stereocenters. The van der Waals surface area contributed by atoms with E-state index in [4.69, 9.17) is 11.6 Å². The first kappa shape index (κ1) is 11.7. The van der Waals surface area contributed by atoms with Crippen LogP contribution in [0.25, 0.3) is 21.8 Å². The molecule has 4 nitrogen and oxygen atoms in total. The van der Waals surface area contributed by atoms with Crippen molar-refractivity contribution in [3.8, 4) is 0 Å². The Kier molecular flexibility index (Phi) is 2.72. The van der Waals surface area contributed by atoms with Crippen LogP contribution in [0.15, 0.2) is 30.3 Å². The van der Waals surface area contributed by atoms with E-state index in [2.05, 4.69) is 9.97 Å². The van der Waals surface area contributed by atoms with Gasteiger partial charge in [0.25, 0.3) is 0 Å². The minimum atomic E-state index is 0.167. The Morgan fingerprint density at radius 3 is 2.32 bits per heavy atom. The largest absolute Gasteiger partial charge is 0.296 e. The highest BCUT2D eigenvalue weighted by Gasteiger charge is 2.09. The minimum Gasteiger partial charge on any atom is -0.296 e. The van der Waals surface area contributed by atoms with Crippen LogP contribution in [0.1, 0.15) is 21.0 Å². The maximum atomic E-state index is 10.9. The Balaban J connectivity index is 2.49. The van der Waals surface area contributed by atoms with Gasteiger partial charge < -0.3 is 0 Å². The Morgan fingerprint density at radius 2 is 1.58 bits per heavy atom. The summed E-state index contributed by atoms with van der Waals surface area (Å²) in [6.07, 6.45) is 1.28. The van der Waals surface area contributed by atoms with Crippen LogP contribution in [0.2, 0.25) is 5.02 Å². The van der Waals surface area contributed by atoms with E-state index < -0.39 is 0 Å². The van der Waals surface area contributed by atoms with Crippen molar-refractivity contribution >= 4 is 46.0 Å². The third kappa shape index (κ3) is 1.86. The van der Waals surface area contributed by atoms with Gasteiger partial charge in [-0.1, -0.05) is 29.8 Å². The standard InChI is InChI=1S/C14H7ClN2O2/c15-11-5-9-2-1-8-3-4-10(6-18)16-13(8)14(9)17-12(11)7-19/h1-7H. The van der Waals surface area contributed by atoms with Crippen molar-refractivity contribution in [2.75, 3.05) is 0 Å². The zero-order valence-corrected chi connectivity index (χ0v) is 10.4. The Hall–Kier alpha value is -2.33. The monoisotopic (exact) mass is 270 g/mol. The van der Waals surface area contributed by atoms with Crippen LogP contribution in [0, 0.1) is 0 Å². The first-order valence-electron chi connectivity index (χ1n) is 5.53. The number of pyridine rings is 2. The highest BCUT2D eigenvalue weighted by Crippen LogP contribution is 2.26. The summed E-state index contributed by atoms with van der Waals surface area (Å²) in [5.74, 6) is 0. The number of nitrogens with zero attached hydrogens (tertiary/aromatic N) is 2. The lowest BCUT2D eigenvalue weighted by molar-refractivity contribution is 0.111. The van der Waals surface area contributed by atoms with E-state index >= 15 is 0 Å². The normalized spacial score (nSPS) is 10.8. The highest BCUT2D eigenvalue weighted by molar-refractivity contribution is 6.33. The van der Waals surface area contributed by atoms with Gasteiger partial charge in [-0.3, -0.25) is 9.59 Å². The van der Waals surface area contributed by atoms with E-state index in [1.807, 2.05) is 12.1 Å². The zero-order valence-electron chi connectivity index (χ0n) is 9.63. The number of halogens is 1. The molecule has 0 aliphatic heterocycles. The maximum absolute atomic E-state index is 10.9. The van der Waals surface area contributed by atoms with E-state index in [1.165, 1.54) is 0 Å². The van der Waals surface area contributed by atoms with Gasteiger partial charge in [0.2, 0.25) is 0 Å². The Labute approximate surface area is 113 Å². The second kappa shape index (κ2) is 4.40. The average Bonchev–Trinajstić information content (AvgIpc) is 2.45. The molecule has 2 heterocycles. The molecule has 0 saturated heterocycles. The van der Waals surface area contributed by atoms with Crippen LogP contribution in [-0.4, -0.2) is 22.5 Å². The van der Waals surface area contributed by atoms with Gasteiger partial charge in [-0.25, -0.2) is 9.97 Å². The van der Waals surface area contributed by atoms with Crippen LogP contribution in [0.3, 0.4) is 0 Å². The van der Waals surface area contributed by atoms with Crippen LogP contribution >= 0.6 is 11.6 Å². The molecule has 0 fully saturated rings. The highest BCUT2D eigenvalue weighted by atomic mass is 35.5. The molecular weight excluding hydrogens is 264 g/mol. The second-order valence-electron chi connectivity index (χ2n) is 4.04. The molecule has 0 atom stereocenters. The molecule has 0 bridgehead atoms. The van der Waals surface area contributed by atoms with Crippen molar-refractivity contribution in [1.82, 2.24) is 9.97 Å². The number of aldehydes is 2. The summed E-state index contributed by atoms with van der Waals surface area (Å²) in [5, 5.41) is 1.93. The van der Waals surface area contributed by atoms with Crippen LogP contribution in [-0.2, 0) is 0 Å². The molecule has 19 heavy (non-hydrogen) atoms. The quantitative estimate of drug-likeness (QED) is 0.530. The molecule has 5 heteroatoms. The summed E-state index contributed by atoms with van der Waals surface area (Å²) in [6, 6.07) is 8.83. The van der Waals surface area contributed by atoms with Crippen molar-refractivity contribution in [2.45, 2.75) is 0 Å². The number of fused-ring (bicyclic) bond motifs is 3. The molecule has 1 aromatic carbocycles. The molecule has 92 valence electrons. The number of carbonyl (C=O) groups excluding carboxylic acids is 2. The number of carbonyl (C=O) groups is 2. The van der Waals surface area contributed by atoms with Crippen molar-refractivity contribution < 1.29 is 9.59 Å². The number of rotatable bonds is 2. The SMILES string of the molecule is O=Cc1ccc2ccc3cc(Cl)c(C=O)nc3c2n1. The summed E-state index contributed by atoms with van der Waals surface area (Å²) in [6.45, 7) is 0. The van der Waals surface area contributed by atoms with Crippen LogP contribution < -0.4 is 0 Å². The van der Waals surface area contributed by atoms with Gasteiger partial charge in [-0.2, -0.15) is 0 Å². The van der Waals surface area contributed by atoms with E-state index in [1.54, 1.807) is 18.2 Å². The molecule has 0 aliphatic rings. The third-order valence-corrected chi connectivity index (χ3v) is 3.18. The van der Waals surface area contributed by atoms with E-state index in [9.17, 15) is 9.59 Å². The average molecular weight is 271 g/mol. The summed E-state index contributed by atoms with van der Waals surface area (Å²) >= 11 is 5.94. The van der Waals surface area contributed by atoms with E-state index in [0.717, 1.165) is 10.8 Å². The van der Waals surface area contributed by atoms with Gasteiger partial charge in [0.05, 0.1) is 16.1 Å². The van der Waals surface area contributed by atoms with Gasteiger partial charge in [0, 0.05) is 10.8 Å². The molecule has 0 amide bonds. The minimum absolute atomic E-state index is 0.167. The first-order valence-corrected chi connectivity index (χ1v) is 5.91. The van der Waals surface area contributed by atoms with Gasteiger partial charge in [-0.05, 0) is 12.1 Å². The van der Waals surface area contributed by atoms with Gasteiger partial charge in [0.1, 0.15) is 11.4 Å². The Morgan fingerprint density at radius 1 is 0.895 bits per heavy atom. The molecule has 3 rings (SSSR count). The zero-order chi connectivity index (χ0) is 13.4. The molecule has 0 spiro atoms. The predicted octanol–water partition coefficient (Wildman–Crippen LogP) is 3.06. The predicted molar refractivity (Wildman–Crippen MR) is 72.8 cm³/mol. The van der Waals surface area contributed by atoms with Crippen molar-refractivity contribution in [1.29, 1.82) is 0 Å². The summed E-state index contributed by atoms with van der Waals surface area (Å²) in [4.78, 5) is 30.2. The molecule has 0 radical (unpaired) electrons. The lowest BCUT2D eigenvalue weighted by Crippen LogP contribution is -1.94. The lowest BCUT2D eigenvalue weighted by Gasteiger charge is -2.05. The fourth-order valence-corrected chi connectivity index (χ4v) is 2.18. The van der Waals surface area contributed by atoms with Crippen LogP contribution in [0.5, 0.6) is 0 Å². The summed E-state index contributed by atoms with van der Waals surface area (Å²) in [5.41, 5.74) is 1.64. The van der Waals surface area contributed by atoms with E-state index in [-0.39, 0.29) is 5.69 Å². The number of benzene rings is 1. The second-order valence-corrected chi connectivity index (χ2v) is 4.44. The molecule has 3 aromatic rings. The topological polar surface area (TPSA) is 59.9 Å². The molecular formula is C14H7ClN2O2. The van der Waals surface area contributed by atoms with Gasteiger partial charge >= 0.3 is 0 Å². The summed E-state index contributed by atoms with van der Waals surface area (Å²) in [7, 11) is 0. The number of aromatic nitrogens is 2. The van der Waals surface area contributed by atoms with E-state index in [0.29, 0.717) is 34.3 Å². The number of hydrogen-bond acceptors (Lipinski definition) is 4. The van der Waals surface area contributed by atoms with Crippen molar-refractivity contribution in [3.05, 3.63) is 46.7 Å². The molecule has 0 N–H and O–H groups in total. The summed E-state index contributed by atoms with van der Waals surface area (Å²) < 4.78 is 0. The molecule has 2 aromatic heterocycles. The van der Waals surface area contributed by atoms with Crippen molar-refractivity contribution in [3.63, 3.8) is 0 Å². The number of hydrogen-bond donors (Lipinski definition) is 0. The van der Waals surface area contributed by atoms with Crippen LogP contribution in [0.4, 0.5) is 0 Å². The van der Waals surface area contributed by atoms with Crippen molar-refractivity contribution in [2.24, 2.45) is 0 Å². The molecule has 0 aliphatic carbocycles. The first-order chi connectivity index (χ1) is 9.22.